The number of carbonyl (C=O) groups is 3. The van der Waals surface area contributed by atoms with Crippen LogP contribution in [0.5, 0.6) is 0 Å². The van der Waals surface area contributed by atoms with Gasteiger partial charge in [-0.05, 0) is 32.0 Å². The van der Waals surface area contributed by atoms with Crippen LogP contribution < -0.4 is 4.90 Å². The maximum Gasteiger partial charge on any atom is 0.331 e. The third kappa shape index (κ3) is 4.36. The summed E-state index contributed by atoms with van der Waals surface area (Å²) in [6.07, 6.45) is -0.190. The summed E-state index contributed by atoms with van der Waals surface area (Å²) in [6.45, 7) is 3.50. The lowest BCUT2D eigenvalue weighted by Gasteiger charge is -2.17. The Hall–Kier alpha value is -1.79. The Morgan fingerprint density at radius 3 is 2.39 bits per heavy atom. The number of anilines is 1. The van der Waals surface area contributed by atoms with Crippen molar-refractivity contribution < 1.29 is 19.1 Å². The Labute approximate surface area is 143 Å². The first-order valence-corrected chi connectivity index (χ1v) is 7.81. The predicted molar refractivity (Wildman–Crippen MR) is 86.8 cm³/mol. The number of carbonyl (C=O) groups excluding carboxylic acids is 3. The Balaban J connectivity index is 2.06. The molecule has 0 radical (unpaired) electrons. The molecule has 1 aromatic rings. The summed E-state index contributed by atoms with van der Waals surface area (Å²) in [5, 5.41) is 0.652. The highest BCUT2D eigenvalue weighted by Crippen LogP contribution is 2.28. The third-order valence-corrected chi connectivity index (χ3v) is 3.53. The zero-order valence-electron chi connectivity index (χ0n) is 12.7. The van der Waals surface area contributed by atoms with Crippen molar-refractivity contribution in [1.29, 1.82) is 0 Å². The van der Waals surface area contributed by atoms with Gasteiger partial charge in [-0.1, -0.05) is 23.2 Å². The van der Waals surface area contributed by atoms with E-state index in [0.29, 0.717) is 15.7 Å². The second kappa shape index (κ2) is 7.19. The maximum atomic E-state index is 12.4. The Kier molecular flexibility index (Phi) is 5.49. The molecule has 124 valence electrons. The zero-order valence-corrected chi connectivity index (χ0v) is 14.2. The largest absolute Gasteiger partial charge is 0.463 e. The Bertz CT molecular complexity index is 628. The molecular weight excluding hydrogens is 343 g/mol. The minimum Gasteiger partial charge on any atom is -0.463 e. The molecule has 0 spiro atoms. The maximum absolute atomic E-state index is 12.4. The molecule has 2 rings (SSSR count). The molecule has 1 heterocycles. The predicted octanol–water partition coefficient (Wildman–Crippen LogP) is 3.10. The van der Waals surface area contributed by atoms with Gasteiger partial charge in [0.1, 0.15) is 6.54 Å². The molecule has 1 aliphatic heterocycles. The van der Waals surface area contributed by atoms with Crippen molar-refractivity contribution in [2.45, 2.75) is 26.4 Å². The number of nitrogens with zero attached hydrogens (tertiary/aromatic N) is 2. The van der Waals surface area contributed by atoms with Crippen LogP contribution >= 0.6 is 23.2 Å². The third-order valence-electron chi connectivity index (χ3n) is 3.10. The highest BCUT2D eigenvalue weighted by molar-refractivity contribution is 6.35. The molecule has 0 aromatic heterocycles. The summed E-state index contributed by atoms with van der Waals surface area (Å²) in [6, 6.07) is 3.97. The number of amides is 3. The van der Waals surface area contributed by atoms with Gasteiger partial charge in [0, 0.05) is 16.6 Å². The number of urea groups is 1. The fraction of sp³-hybridized carbons (Fsp3) is 0.400. The molecule has 6 nitrogen and oxygen atoms in total. The SMILES string of the molecule is CC(C)OC(=O)CCN1CC(=O)N(c2cc(Cl)cc(Cl)c2)C1=O. The van der Waals surface area contributed by atoms with Crippen LogP contribution in [0.25, 0.3) is 0 Å². The molecule has 3 amide bonds. The van der Waals surface area contributed by atoms with Crippen LogP contribution in [0.4, 0.5) is 10.5 Å². The first-order valence-electron chi connectivity index (χ1n) is 7.05. The van der Waals surface area contributed by atoms with Gasteiger partial charge in [-0.3, -0.25) is 9.59 Å². The summed E-state index contributed by atoms with van der Waals surface area (Å²) < 4.78 is 5.00. The number of imide groups is 1. The summed E-state index contributed by atoms with van der Waals surface area (Å²) in [4.78, 5) is 38.3. The molecule has 23 heavy (non-hydrogen) atoms. The lowest BCUT2D eigenvalue weighted by Crippen LogP contribution is -2.34. The van der Waals surface area contributed by atoms with E-state index in [2.05, 4.69) is 0 Å². The molecule has 1 aromatic carbocycles. The number of ether oxygens (including phenoxy) is 1. The molecule has 0 atom stereocenters. The topological polar surface area (TPSA) is 66.9 Å². The first-order chi connectivity index (χ1) is 10.8. The van der Waals surface area contributed by atoms with E-state index in [1.54, 1.807) is 13.8 Å². The van der Waals surface area contributed by atoms with E-state index in [1.807, 2.05) is 0 Å². The van der Waals surface area contributed by atoms with Crippen LogP contribution in [0.3, 0.4) is 0 Å². The number of benzene rings is 1. The van der Waals surface area contributed by atoms with Crippen LogP contribution in [-0.2, 0) is 14.3 Å². The molecule has 0 bridgehead atoms. The van der Waals surface area contributed by atoms with Gasteiger partial charge in [0.25, 0.3) is 5.91 Å². The normalized spacial score (nSPS) is 14.8. The monoisotopic (exact) mass is 358 g/mol. The fourth-order valence-corrected chi connectivity index (χ4v) is 2.71. The average molecular weight is 359 g/mol. The van der Waals surface area contributed by atoms with E-state index in [0.717, 1.165) is 4.90 Å². The molecule has 0 aliphatic carbocycles. The zero-order chi connectivity index (χ0) is 17.1. The highest BCUT2D eigenvalue weighted by Gasteiger charge is 2.37. The molecular formula is C15H16Cl2N2O4. The second-order valence-corrected chi connectivity index (χ2v) is 6.22. The van der Waals surface area contributed by atoms with Gasteiger partial charge in [-0.2, -0.15) is 0 Å². The summed E-state index contributed by atoms with van der Waals surface area (Å²) in [5.41, 5.74) is 0.310. The van der Waals surface area contributed by atoms with Crippen molar-refractivity contribution >= 4 is 46.8 Å². The van der Waals surface area contributed by atoms with E-state index in [9.17, 15) is 14.4 Å². The first kappa shape index (κ1) is 17.6. The quantitative estimate of drug-likeness (QED) is 0.599. The van der Waals surface area contributed by atoms with Gasteiger partial charge in [0.05, 0.1) is 18.2 Å². The van der Waals surface area contributed by atoms with Gasteiger partial charge in [0.2, 0.25) is 0 Å². The summed E-state index contributed by atoms with van der Waals surface area (Å²) >= 11 is 11.8. The van der Waals surface area contributed by atoms with Crippen LogP contribution in [0.15, 0.2) is 18.2 Å². The van der Waals surface area contributed by atoms with Crippen LogP contribution in [-0.4, -0.2) is 42.0 Å². The van der Waals surface area contributed by atoms with E-state index in [4.69, 9.17) is 27.9 Å². The Morgan fingerprint density at radius 2 is 1.83 bits per heavy atom. The molecule has 0 saturated carbocycles. The number of hydrogen-bond acceptors (Lipinski definition) is 4. The van der Waals surface area contributed by atoms with Crippen LogP contribution in [0, 0.1) is 0 Å². The van der Waals surface area contributed by atoms with Crippen LogP contribution in [0.2, 0.25) is 10.0 Å². The van der Waals surface area contributed by atoms with Crippen LogP contribution in [0.1, 0.15) is 20.3 Å². The average Bonchev–Trinajstić information content (AvgIpc) is 2.69. The van der Waals surface area contributed by atoms with Crippen molar-refractivity contribution in [1.82, 2.24) is 4.90 Å². The molecule has 1 fully saturated rings. The van der Waals surface area contributed by atoms with Gasteiger partial charge in [-0.15, -0.1) is 0 Å². The summed E-state index contributed by atoms with van der Waals surface area (Å²) in [5.74, 6) is -0.810. The minimum atomic E-state index is -0.509. The van der Waals surface area contributed by atoms with E-state index in [1.165, 1.54) is 23.1 Å². The van der Waals surface area contributed by atoms with Crippen molar-refractivity contribution in [2.24, 2.45) is 0 Å². The van der Waals surface area contributed by atoms with Gasteiger partial charge in [-0.25, -0.2) is 9.69 Å². The van der Waals surface area contributed by atoms with Crippen molar-refractivity contribution in [3.8, 4) is 0 Å². The van der Waals surface area contributed by atoms with Crippen molar-refractivity contribution in [3.63, 3.8) is 0 Å². The lowest BCUT2D eigenvalue weighted by atomic mass is 10.3. The van der Waals surface area contributed by atoms with E-state index in [-0.39, 0.29) is 25.6 Å². The lowest BCUT2D eigenvalue weighted by molar-refractivity contribution is -0.147. The number of rotatable bonds is 5. The summed E-state index contributed by atoms with van der Waals surface area (Å²) in [7, 11) is 0. The molecule has 8 heteroatoms. The molecule has 1 saturated heterocycles. The van der Waals surface area contributed by atoms with E-state index >= 15 is 0 Å². The standard InChI is InChI=1S/C15H16Cl2N2O4/c1-9(2)23-14(21)3-4-18-8-13(20)19(15(18)22)12-6-10(16)5-11(17)7-12/h5-7,9H,3-4,8H2,1-2H3. The second-order valence-electron chi connectivity index (χ2n) is 5.35. The van der Waals surface area contributed by atoms with Gasteiger partial charge in [0.15, 0.2) is 0 Å². The number of hydrogen-bond donors (Lipinski definition) is 0. The number of halogens is 2. The van der Waals surface area contributed by atoms with Gasteiger partial charge < -0.3 is 9.64 Å². The minimum absolute atomic E-state index is 0.0291. The fourth-order valence-electron chi connectivity index (χ4n) is 2.20. The molecule has 0 unspecified atom stereocenters. The highest BCUT2D eigenvalue weighted by atomic mass is 35.5. The van der Waals surface area contributed by atoms with E-state index < -0.39 is 17.9 Å². The van der Waals surface area contributed by atoms with Crippen molar-refractivity contribution in [2.75, 3.05) is 18.0 Å². The van der Waals surface area contributed by atoms with Crippen molar-refractivity contribution in [3.05, 3.63) is 28.2 Å². The number of esters is 1. The molecule has 0 N–H and O–H groups in total. The van der Waals surface area contributed by atoms with Gasteiger partial charge >= 0.3 is 12.0 Å². The Morgan fingerprint density at radius 1 is 1.22 bits per heavy atom. The smallest absolute Gasteiger partial charge is 0.331 e. The molecule has 1 aliphatic rings.